The summed E-state index contributed by atoms with van der Waals surface area (Å²) in [7, 11) is 0. The highest BCUT2D eigenvalue weighted by molar-refractivity contribution is 5.90. The molecule has 4 nitrogen and oxygen atoms in total. The Morgan fingerprint density at radius 2 is 1.92 bits per heavy atom. The first kappa shape index (κ1) is 19.0. The molecule has 0 unspecified atom stereocenters. The van der Waals surface area contributed by atoms with E-state index in [4.69, 9.17) is 4.42 Å². The lowest BCUT2D eigenvalue weighted by Gasteiger charge is -2.12. The van der Waals surface area contributed by atoms with Crippen LogP contribution in [0.25, 0.3) is 0 Å². The molecule has 7 heteroatoms. The predicted molar refractivity (Wildman–Crippen MR) is 88.3 cm³/mol. The highest BCUT2D eigenvalue weighted by Gasteiger charge is 2.30. The van der Waals surface area contributed by atoms with E-state index in [0.29, 0.717) is 18.1 Å². The van der Waals surface area contributed by atoms with Crippen LogP contribution in [0.15, 0.2) is 28.7 Å². The highest BCUT2D eigenvalue weighted by Crippen LogP contribution is 2.30. The number of aromatic nitrogens is 1. The van der Waals surface area contributed by atoms with Crippen molar-refractivity contribution in [3.05, 3.63) is 47.2 Å². The van der Waals surface area contributed by atoms with Gasteiger partial charge in [0.1, 0.15) is 5.76 Å². The number of carbonyl (C=O) groups is 1. The first-order valence-electron chi connectivity index (χ1n) is 7.91. The maximum Gasteiger partial charge on any atom is 0.416 e. The molecular weight excluding hydrogens is 333 g/mol. The molecule has 1 aromatic heterocycles. The van der Waals surface area contributed by atoms with Gasteiger partial charge in [0.15, 0.2) is 5.89 Å². The number of oxazole rings is 1. The van der Waals surface area contributed by atoms with Crippen molar-refractivity contribution < 1.29 is 22.4 Å². The number of hydrogen-bond donors (Lipinski definition) is 1. The highest BCUT2D eigenvalue weighted by atomic mass is 19.4. The molecule has 0 saturated carbocycles. The van der Waals surface area contributed by atoms with Crippen molar-refractivity contribution in [1.82, 2.24) is 4.98 Å². The van der Waals surface area contributed by atoms with E-state index < -0.39 is 11.7 Å². The van der Waals surface area contributed by atoms with Crippen LogP contribution in [0.2, 0.25) is 0 Å². The molecule has 1 heterocycles. The summed E-state index contributed by atoms with van der Waals surface area (Å²) in [5, 5.41) is 2.48. The Morgan fingerprint density at radius 1 is 1.24 bits per heavy atom. The maximum absolute atomic E-state index is 12.7. The number of nitrogens with one attached hydrogen (secondary N) is 1. The van der Waals surface area contributed by atoms with E-state index in [-0.39, 0.29) is 23.4 Å². The fourth-order valence-corrected chi connectivity index (χ4v) is 2.20. The second-order valence-corrected chi connectivity index (χ2v) is 6.90. The fraction of sp³-hybridized carbons (Fsp3) is 0.444. The third-order valence-corrected chi connectivity index (χ3v) is 3.59. The summed E-state index contributed by atoms with van der Waals surface area (Å²) in [5.41, 5.74) is -0.198. The zero-order chi connectivity index (χ0) is 18.8. The zero-order valence-electron chi connectivity index (χ0n) is 14.6. The van der Waals surface area contributed by atoms with Crippen LogP contribution >= 0.6 is 0 Å². The normalized spacial score (nSPS) is 12.3. The van der Waals surface area contributed by atoms with Gasteiger partial charge in [-0.25, -0.2) is 4.98 Å². The first-order chi connectivity index (χ1) is 11.5. The van der Waals surface area contributed by atoms with E-state index in [1.807, 2.05) is 20.8 Å². The molecule has 1 aromatic carbocycles. The van der Waals surface area contributed by atoms with Gasteiger partial charge in [-0.15, -0.1) is 0 Å². The Bertz CT molecular complexity index is 758. The first-order valence-corrected chi connectivity index (χ1v) is 7.91. The maximum atomic E-state index is 12.7. The molecule has 0 spiro atoms. The van der Waals surface area contributed by atoms with Crippen molar-refractivity contribution >= 4 is 11.6 Å². The summed E-state index contributed by atoms with van der Waals surface area (Å²) in [5.74, 6) is 0.829. The summed E-state index contributed by atoms with van der Waals surface area (Å²) in [6.45, 7) is 7.73. The third kappa shape index (κ3) is 5.08. The van der Waals surface area contributed by atoms with Gasteiger partial charge >= 0.3 is 6.18 Å². The lowest BCUT2D eigenvalue weighted by atomic mass is 9.97. The Hall–Kier alpha value is -2.31. The fourth-order valence-electron chi connectivity index (χ4n) is 2.20. The van der Waals surface area contributed by atoms with Crippen molar-refractivity contribution in [1.29, 1.82) is 0 Å². The Balaban J connectivity index is 1.99. The van der Waals surface area contributed by atoms with Gasteiger partial charge in [0.25, 0.3) is 0 Å². The molecule has 0 aliphatic carbocycles. The van der Waals surface area contributed by atoms with Crippen molar-refractivity contribution in [2.45, 2.75) is 52.1 Å². The van der Waals surface area contributed by atoms with E-state index >= 15 is 0 Å². The number of rotatable bonds is 4. The van der Waals surface area contributed by atoms with Crippen LogP contribution in [0.4, 0.5) is 18.9 Å². The lowest BCUT2D eigenvalue weighted by Crippen LogP contribution is -2.13. The molecule has 25 heavy (non-hydrogen) atoms. The second kappa shape index (κ2) is 6.90. The van der Waals surface area contributed by atoms with Crippen LogP contribution in [-0.2, 0) is 22.8 Å². The van der Waals surface area contributed by atoms with Gasteiger partial charge in [-0.1, -0.05) is 26.8 Å². The van der Waals surface area contributed by atoms with Crippen LogP contribution in [0.3, 0.4) is 0 Å². The molecule has 1 amide bonds. The van der Waals surface area contributed by atoms with E-state index in [1.54, 1.807) is 6.92 Å². The number of hydrogen-bond acceptors (Lipinski definition) is 3. The predicted octanol–water partition coefficient (Wildman–Crippen LogP) is 4.87. The standard InChI is InChI=1S/C18H21F3N2O2/c1-11-14(25-16(22-11)17(2,3)4)8-9-15(24)23-13-7-5-6-12(10-13)18(19,20)21/h5-7,10H,8-9H2,1-4H3,(H,23,24). The molecular formula is C18H21F3N2O2. The average molecular weight is 354 g/mol. The van der Waals surface area contributed by atoms with Gasteiger partial charge in [-0.2, -0.15) is 13.2 Å². The minimum absolute atomic E-state index is 0.0931. The Kier molecular flexibility index (Phi) is 5.25. The Morgan fingerprint density at radius 3 is 2.48 bits per heavy atom. The van der Waals surface area contributed by atoms with Gasteiger partial charge in [-0.3, -0.25) is 4.79 Å². The van der Waals surface area contributed by atoms with Crippen LogP contribution in [0.5, 0.6) is 0 Å². The molecule has 2 aromatic rings. The van der Waals surface area contributed by atoms with E-state index in [0.717, 1.165) is 17.8 Å². The van der Waals surface area contributed by atoms with Crippen molar-refractivity contribution in [3.63, 3.8) is 0 Å². The number of halogens is 3. The summed E-state index contributed by atoms with van der Waals surface area (Å²) >= 11 is 0. The molecule has 0 aliphatic rings. The number of carbonyl (C=O) groups excluding carboxylic acids is 1. The monoisotopic (exact) mass is 354 g/mol. The van der Waals surface area contributed by atoms with Crippen LogP contribution < -0.4 is 5.32 Å². The number of anilines is 1. The third-order valence-electron chi connectivity index (χ3n) is 3.59. The molecule has 0 radical (unpaired) electrons. The zero-order valence-corrected chi connectivity index (χ0v) is 14.6. The van der Waals surface area contributed by atoms with E-state index in [2.05, 4.69) is 10.3 Å². The van der Waals surface area contributed by atoms with Gasteiger partial charge in [-0.05, 0) is 25.1 Å². The van der Waals surface area contributed by atoms with Crippen molar-refractivity contribution in [2.24, 2.45) is 0 Å². The summed E-state index contributed by atoms with van der Waals surface area (Å²) < 4.78 is 43.8. The lowest BCUT2D eigenvalue weighted by molar-refractivity contribution is -0.137. The van der Waals surface area contributed by atoms with Crippen LogP contribution in [0.1, 0.15) is 50.1 Å². The molecule has 0 aliphatic heterocycles. The number of nitrogens with zero attached hydrogens (tertiary/aromatic N) is 1. The van der Waals surface area contributed by atoms with E-state index in [9.17, 15) is 18.0 Å². The molecule has 0 bridgehead atoms. The van der Waals surface area contributed by atoms with Gasteiger partial charge in [0, 0.05) is 23.9 Å². The molecule has 0 atom stereocenters. The molecule has 0 saturated heterocycles. The van der Waals surface area contributed by atoms with Gasteiger partial charge < -0.3 is 9.73 Å². The van der Waals surface area contributed by atoms with Crippen LogP contribution in [0, 0.1) is 6.92 Å². The van der Waals surface area contributed by atoms with Crippen molar-refractivity contribution in [3.8, 4) is 0 Å². The van der Waals surface area contributed by atoms with E-state index in [1.165, 1.54) is 12.1 Å². The van der Waals surface area contributed by atoms with Crippen molar-refractivity contribution in [2.75, 3.05) is 5.32 Å². The largest absolute Gasteiger partial charge is 0.445 e. The number of amides is 1. The minimum atomic E-state index is -4.44. The summed E-state index contributed by atoms with van der Waals surface area (Å²) in [6.07, 6.45) is -4.02. The summed E-state index contributed by atoms with van der Waals surface area (Å²) in [6, 6.07) is 4.55. The topological polar surface area (TPSA) is 55.1 Å². The quantitative estimate of drug-likeness (QED) is 0.852. The minimum Gasteiger partial charge on any atom is -0.445 e. The average Bonchev–Trinajstić information content (AvgIpc) is 2.86. The second-order valence-electron chi connectivity index (χ2n) is 6.90. The molecule has 136 valence electrons. The number of benzene rings is 1. The molecule has 2 rings (SSSR count). The summed E-state index contributed by atoms with van der Waals surface area (Å²) in [4.78, 5) is 16.4. The van der Waals surface area contributed by atoms with Gasteiger partial charge in [0.05, 0.1) is 11.3 Å². The van der Waals surface area contributed by atoms with Crippen LogP contribution in [-0.4, -0.2) is 10.9 Å². The Labute approximate surface area is 144 Å². The smallest absolute Gasteiger partial charge is 0.416 e. The van der Waals surface area contributed by atoms with Gasteiger partial charge in [0.2, 0.25) is 5.91 Å². The molecule has 0 fully saturated rings. The number of alkyl halides is 3. The molecule has 1 N–H and O–H groups in total. The number of aryl methyl sites for hydroxylation is 2. The SMILES string of the molecule is Cc1nc(C(C)(C)C)oc1CCC(=O)Nc1cccc(C(F)(F)F)c1.